The molecule has 2 heterocycles. The first-order valence-electron chi connectivity index (χ1n) is 16.5. The van der Waals surface area contributed by atoms with Crippen LogP contribution in [-0.4, -0.2) is 104 Å². The highest BCUT2D eigenvalue weighted by Gasteiger charge is 2.51. The second-order valence-corrected chi connectivity index (χ2v) is 13.0. The number of carbonyl (C=O) groups excluding carboxylic acids is 6. The van der Waals surface area contributed by atoms with Gasteiger partial charge in [0.15, 0.2) is 0 Å². The molecule has 3 aliphatic rings. The van der Waals surface area contributed by atoms with E-state index in [1.54, 1.807) is 30.3 Å². The molecule has 13 nitrogen and oxygen atoms in total. The zero-order valence-electron chi connectivity index (χ0n) is 30.2. The smallest absolute Gasteiger partial charge is 0.411 e. The highest BCUT2D eigenvalue weighted by Crippen LogP contribution is 2.33. The number of amides is 1. The standard InChI is InChI=1S/C15H16O5.C14H15F2NO4.C6H9F2NO2.CH2Cl2/c1-19-14(17)12-7-11(16)8-13(12)15(18)20-9-10-5-3-2-4-6-10;1-20-12(18)11-7-14(15,16)9-17(11)13(19)21-8-10-5-3-2-4-6-10;1-11-5(10)4-2-6(7,8)3-9-4;2-1-3/h2-6,12-13H,7-9H2,1H3;2-6,11H,7-9H2,1H3;4,9H,2-3H2,1H3;1H2. The molecule has 5 rings (SSSR count). The SMILES string of the molecule is COC(=O)C1CC(=O)CC1C(=O)OCc1ccccc1.COC(=O)C1CC(F)(F)CN1.COC(=O)C1CC(F)(F)CN1C(=O)OCc1ccccc1.ClCCl. The Balaban J connectivity index is 0.000000287. The molecular weight excluding hydrogens is 783 g/mol. The summed E-state index contributed by atoms with van der Waals surface area (Å²) in [6.07, 6.45) is -2.06. The van der Waals surface area contributed by atoms with E-state index < -0.39 is 91.7 Å². The van der Waals surface area contributed by atoms with E-state index in [4.69, 9.17) is 32.7 Å². The van der Waals surface area contributed by atoms with Crippen LogP contribution in [0.5, 0.6) is 0 Å². The molecule has 3 fully saturated rings. The predicted octanol–water partition coefficient (Wildman–Crippen LogP) is 5.28. The summed E-state index contributed by atoms with van der Waals surface area (Å²) in [6.45, 7) is -1.19. The number of alkyl halides is 6. The summed E-state index contributed by atoms with van der Waals surface area (Å²) in [7, 11) is 3.52. The minimum Gasteiger partial charge on any atom is -0.469 e. The van der Waals surface area contributed by atoms with Crippen LogP contribution < -0.4 is 5.32 Å². The fourth-order valence-electron chi connectivity index (χ4n) is 5.52. The molecule has 0 radical (unpaired) electrons. The lowest BCUT2D eigenvalue weighted by molar-refractivity contribution is -0.158. The largest absolute Gasteiger partial charge is 0.469 e. The molecule has 2 aromatic rings. The molecule has 1 N–H and O–H groups in total. The quantitative estimate of drug-likeness (QED) is 0.159. The maximum atomic E-state index is 13.4. The number of ether oxygens (including phenoxy) is 5. The Bertz CT molecular complexity index is 1580. The molecule has 1 aliphatic carbocycles. The van der Waals surface area contributed by atoms with Crippen molar-refractivity contribution in [1.29, 1.82) is 0 Å². The van der Waals surface area contributed by atoms with E-state index in [0.717, 1.165) is 23.1 Å². The van der Waals surface area contributed by atoms with Crippen molar-refractivity contribution in [3.63, 3.8) is 0 Å². The van der Waals surface area contributed by atoms with Crippen molar-refractivity contribution in [3.8, 4) is 0 Å². The summed E-state index contributed by atoms with van der Waals surface area (Å²) in [5.41, 5.74) is 1.59. The molecule has 0 aromatic heterocycles. The number of benzene rings is 2. The van der Waals surface area contributed by atoms with Crippen molar-refractivity contribution in [3.05, 3.63) is 71.8 Å². The summed E-state index contributed by atoms with van der Waals surface area (Å²) < 4.78 is 75.2. The maximum Gasteiger partial charge on any atom is 0.411 e. The Kier molecular flexibility index (Phi) is 19.3. The van der Waals surface area contributed by atoms with Gasteiger partial charge in [0.05, 0.1) is 51.6 Å². The van der Waals surface area contributed by atoms with Crippen LogP contribution in [0.2, 0.25) is 0 Å². The lowest BCUT2D eigenvalue weighted by Crippen LogP contribution is -2.41. The molecule has 4 atom stereocenters. The first kappa shape index (κ1) is 46.7. The number of nitrogens with one attached hydrogen (secondary N) is 1. The van der Waals surface area contributed by atoms with E-state index in [-0.39, 0.29) is 37.2 Å². The maximum absolute atomic E-state index is 13.4. The normalized spacial score (nSPS) is 21.5. The number of hydrogen-bond donors (Lipinski definition) is 1. The molecule has 2 aliphatic heterocycles. The molecule has 2 saturated heterocycles. The van der Waals surface area contributed by atoms with Gasteiger partial charge >= 0.3 is 30.0 Å². The van der Waals surface area contributed by atoms with Crippen molar-refractivity contribution < 1.29 is 70.0 Å². The molecule has 4 unspecified atom stereocenters. The number of halogens is 6. The number of carbonyl (C=O) groups is 6. The predicted molar refractivity (Wildman–Crippen MR) is 188 cm³/mol. The third kappa shape index (κ3) is 15.7. The lowest BCUT2D eigenvalue weighted by Gasteiger charge is -2.21. The van der Waals surface area contributed by atoms with Gasteiger partial charge in [0.1, 0.15) is 31.1 Å². The number of esters is 4. The first-order valence-corrected chi connectivity index (χ1v) is 17.6. The summed E-state index contributed by atoms with van der Waals surface area (Å²) >= 11 is 9.53. The number of Topliss-reactive ketones (excluding diaryl/α,β-unsaturated/α-hetero) is 1. The monoisotopic (exact) mass is 824 g/mol. The van der Waals surface area contributed by atoms with E-state index in [0.29, 0.717) is 0 Å². The minimum absolute atomic E-state index is 0.0460. The van der Waals surface area contributed by atoms with Gasteiger partial charge in [-0.2, -0.15) is 0 Å². The molecule has 1 saturated carbocycles. The highest BCUT2D eigenvalue weighted by molar-refractivity contribution is 6.40. The third-order valence-corrected chi connectivity index (χ3v) is 8.19. The topological polar surface area (TPSA) is 164 Å². The number of nitrogens with zero attached hydrogens (tertiary/aromatic N) is 1. The molecule has 55 heavy (non-hydrogen) atoms. The number of likely N-dealkylation sites (tertiary alicyclic amines) is 1. The Morgan fingerprint density at radius 1 is 0.709 bits per heavy atom. The highest BCUT2D eigenvalue weighted by atomic mass is 35.5. The van der Waals surface area contributed by atoms with Crippen LogP contribution in [0.15, 0.2) is 60.7 Å². The van der Waals surface area contributed by atoms with Crippen LogP contribution in [0.1, 0.15) is 36.8 Å². The average Bonchev–Trinajstić information content (AvgIpc) is 3.86. The summed E-state index contributed by atoms with van der Waals surface area (Å²) in [5.74, 6) is -9.97. The molecule has 0 spiro atoms. The van der Waals surface area contributed by atoms with Crippen LogP contribution in [-0.2, 0) is 60.9 Å². The number of methoxy groups -OCH3 is 3. The van der Waals surface area contributed by atoms with Gasteiger partial charge in [0, 0.05) is 25.7 Å². The van der Waals surface area contributed by atoms with Crippen molar-refractivity contribution in [2.75, 3.05) is 39.8 Å². The fourth-order valence-corrected chi connectivity index (χ4v) is 5.52. The fraction of sp³-hybridized carbons (Fsp3) is 0.500. The van der Waals surface area contributed by atoms with Gasteiger partial charge in [-0.25, -0.2) is 27.2 Å². The van der Waals surface area contributed by atoms with Crippen LogP contribution in [0.3, 0.4) is 0 Å². The van der Waals surface area contributed by atoms with Gasteiger partial charge in [-0.15, -0.1) is 23.2 Å². The van der Waals surface area contributed by atoms with E-state index in [1.807, 2.05) is 30.3 Å². The summed E-state index contributed by atoms with van der Waals surface area (Å²) in [4.78, 5) is 69.8. The van der Waals surface area contributed by atoms with Crippen molar-refractivity contribution >= 4 is 59.0 Å². The van der Waals surface area contributed by atoms with Gasteiger partial charge in [-0.05, 0) is 11.1 Å². The van der Waals surface area contributed by atoms with Gasteiger partial charge in [0.25, 0.3) is 11.8 Å². The molecule has 19 heteroatoms. The van der Waals surface area contributed by atoms with Crippen LogP contribution >= 0.6 is 23.2 Å². The zero-order valence-corrected chi connectivity index (χ0v) is 31.7. The second-order valence-electron chi connectivity index (χ2n) is 12.2. The van der Waals surface area contributed by atoms with Crippen molar-refractivity contribution in [1.82, 2.24) is 10.2 Å². The van der Waals surface area contributed by atoms with Gasteiger partial charge < -0.3 is 23.7 Å². The van der Waals surface area contributed by atoms with Gasteiger partial charge in [-0.1, -0.05) is 60.7 Å². The minimum atomic E-state index is -3.12. The Morgan fingerprint density at radius 3 is 1.64 bits per heavy atom. The number of rotatable bonds is 8. The van der Waals surface area contributed by atoms with Crippen LogP contribution in [0.25, 0.3) is 0 Å². The number of hydrogen-bond acceptors (Lipinski definition) is 12. The van der Waals surface area contributed by atoms with Gasteiger partial charge in [-0.3, -0.25) is 29.4 Å². The summed E-state index contributed by atoms with van der Waals surface area (Å²) in [5, 5.41) is 2.57. The lowest BCUT2D eigenvalue weighted by atomic mass is 9.96. The number of ketones is 1. The van der Waals surface area contributed by atoms with E-state index in [1.165, 1.54) is 14.2 Å². The van der Waals surface area contributed by atoms with Crippen LogP contribution in [0.4, 0.5) is 22.4 Å². The molecular formula is C36H42Cl2F4N2O11. The molecule has 1 amide bonds. The Hall–Kier alpha value is -4.48. The average molecular weight is 826 g/mol. The van der Waals surface area contributed by atoms with Gasteiger partial charge in [0.2, 0.25) is 0 Å². The molecule has 304 valence electrons. The van der Waals surface area contributed by atoms with Crippen molar-refractivity contribution in [2.24, 2.45) is 11.8 Å². The second kappa shape index (κ2) is 22.8. The molecule has 2 aromatic carbocycles. The Morgan fingerprint density at radius 2 is 1.18 bits per heavy atom. The van der Waals surface area contributed by atoms with Crippen LogP contribution in [0, 0.1) is 11.8 Å². The third-order valence-electron chi connectivity index (χ3n) is 8.19. The molecule has 0 bridgehead atoms. The summed E-state index contributed by atoms with van der Waals surface area (Å²) in [6, 6.07) is 15.9. The van der Waals surface area contributed by atoms with E-state index in [2.05, 4.69) is 19.5 Å². The zero-order chi connectivity index (χ0) is 41.2. The van der Waals surface area contributed by atoms with E-state index in [9.17, 15) is 46.3 Å². The van der Waals surface area contributed by atoms with E-state index >= 15 is 0 Å². The first-order chi connectivity index (χ1) is 26.0. The van der Waals surface area contributed by atoms with Crippen molar-refractivity contribution in [2.45, 2.75) is 62.8 Å². The Labute approximate surface area is 324 Å².